The standard InChI is InChI=1S/C18H29FN2O3/c1-12(13-8-9-14(19)15(10-13)23-7)20-11-18(5,6)21-16(22)24-17(2,3)4/h8-10,12,20H,11H2,1-7H3,(H,21,22). The Morgan fingerprint density at radius 3 is 2.42 bits per heavy atom. The zero-order valence-corrected chi connectivity index (χ0v) is 15.6. The number of ether oxygens (including phenoxy) is 2. The fraction of sp³-hybridized carbons (Fsp3) is 0.611. The first-order chi connectivity index (χ1) is 10.9. The van der Waals surface area contributed by atoms with Crippen LogP contribution in [0, 0.1) is 5.82 Å². The average Bonchev–Trinajstić information content (AvgIpc) is 2.42. The van der Waals surface area contributed by atoms with E-state index in [1.807, 2.05) is 41.5 Å². The van der Waals surface area contributed by atoms with Crippen LogP contribution in [0.4, 0.5) is 9.18 Å². The van der Waals surface area contributed by atoms with Crippen molar-refractivity contribution in [2.75, 3.05) is 13.7 Å². The van der Waals surface area contributed by atoms with Crippen molar-refractivity contribution in [1.82, 2.24) is 10.6 Å². The van der Waals surface area contributed by atoms with Gasteiger partial charge in [-0.15, -0.1) is 0 Å². The third-order valence-corrected chi connectivity index (χ3v) is 3.36. The summed E-state index contributed by atoms with van der Waals surface area (Å²) in [6.07, 6.45) is -0.453. The highest BCUT2D eigenvalue weighted by atomic mass is 19.1. The van der Waals surface area contributed by atoms with Crippen LogP contribution in [0.25, 0.3) is 0 Å². The van der Waals surface area contributed by atoms with Crippen molar-refractivity contribution in [3.05, 3.63) is 29.6 Å². The van der Waals surface area contributed by atoms with Crippen LogP contribution in [-0.2, 0) is 4.74 Å². The molecule has 24 heavy (non-hydrogen) atoms. The molecule has 0 aliphatic rings. The summed E-state index contributed by atoms with van der Waals surface area (Å²) in [4.78, 5) is 11.9. The van der Waals surface area contributed by atoms with Crippen LogP contribution in [0.5, 0.6) is 5.75 Å². The molecule has 6 heteroatoms. The van der Waals surface area contributed by atoms with Crippen molar-refractivity contribution in [1.29, 1.82) is 0 Å². The molecule has 0 saturated heterocycles. The second-order valence-corrected chi connectivity index (χ2v) is 7.51. The van der Waals surface area contributed by atoms with E-state index in [4.69, 9.17) is 9.47 Å². The molecule has 0 aliphatic carbocycles. The Bertz CT molecular complexity index is 568. The van der Waals surface area contributed by atoms with E-state index in [1.54, 1.807) is 12.1 Å². The summed E-state index contributed by atoms with van der Waals surface area (Å²) in [6, 6.07) is 4.74. The third kappa shape index (κ3) is 6.74. The zero-order chi connectivity index (χ0) is 18.5. The zero-order valence-electron chi connectivity index (χ0n) is 15.6. The topological polar surface area (TPSA) is 59.6 Å². The molecular weight excluding hydrogens is 311 g/mol. The average molecular weight is 340 g/mol. The van der Waals surface area contributed by atoms with E-state index in [0.29, 0.717) is 6.54 Å². The Kier molecular flexibility index (Phi) is 6.60. The van der Waals surface area contributed by atoms with E-state index in [0.717, 1.165) is 5.56 Å². The summed E-state index contributed by atoms with van der Waals surface area (Å²) in [5, 5.41) is 6.17. The third-order valence-electron chi connectivity index (χ3n) is 3.36. The minimum Gasteiger partial charge on any atom is -0.494 e. The molecular formula is C18H29FN2O3. The van der Waals surface area contributed by atoms with E-state index in [-0.39, 0.29) is 17.6 Å². The maximum absolute atomic E-state index is 13.5. The molecule has 5 nitrogen and oxygen atoms in total. The van der Waals surface area contributed by atoms with Crippen LogP contribution >= 0.6 is 0 Å². The van der Waals surface area contributed by atoms with Gasteiger partial charge in [0.15, 0.2) is 11.6 Å². The quantitative estimate of drug-likeness (QED) is 0.827. The number of hydrogen-bond acceptors (Lipinski definition) is 4. The van der Waals surface area contributed by atoms with Gasteiger partial charge >= 0.3 is 6.09 Å². The van der Waals surface area contributed by atoms with Gasteiger partial charge in [-0.3, -0.25) is 0 Å². The number of carbonyl (C=O) groups excluding carboxylic acids is 1. The first-order valence-corrected chi connectivity index (χ1v) is 8.01. The van der Waals surface area contributed by atoms with Gasteiger partial charge in [-0.1, -0.05) is 6.07 Å². The van der Waals surface area contributed by atoms with E-state index >= 15 is 0 Å². The minimum absolute atomic E-state index is 0.0285. The summed E-state index contributed by atoms with van der Waals surface area (Å²) in [7, 11) is 1.44. The highest BCUT2D eigenvalue weighted by Crippen LogP contribution is 2.22. The Morgan fingerprint density at radius 1 is 1.25 bits per heavy atom. The smallest absolute Gasteiger partial charge is 0.408 e. The van der Waals surface area contributed by atoms with Crippen LogP contribution < -0.4 is 15.4 Å². The van der Waals surface area contributed by atoms with Gasteiger partial charge in [-0.2, -0.15) is 0 Å². The molecule has 0 aliphatic heterocycles. The molecule has 0 bridgehead atoms. The van der Waals surface area contributed by atoms with Gasteiger partial charge in [-0.05, 0) is 59.2 Å². The molecule has 1 atom stereocenters. The lowest BCUT2D eigenvalue weighted by molar-refractivity contribution is 0.0471. The molecule has 1 unspecified atom stereocenters. The maximum atomic E-state index is 13.5. The SMILES string of the molecule is COc1cc(C(C)NCC(C)(C)NC(=O)OC(C)(C)C)ccc1F. The van der Waals surface area contributed by atoms with E-state index < -0.39 is 17.2 Å². The van der Waals surface area contributed by atoms with Crippen molar-refractivity contribution < 1.29 is 18.7 Å². The van der Waals surface area contributed by atoms with Crippen LogP contribution in [0.15, 0.2) is 18.2 Å². The van der Waals surface area contributed by atoms with Crippen molar-refractivity contribution in [2.24, 2.45) is 0 Å². The van der Waals surface area contributed by atoms with Gasteiger partial charge in [0, 0.05) is 12.6 Å². The number of carbonyl (C=O) groups is 1. The van der Waals surface area contributed by atoms with Gasteiger partial charge < -0.3 is 20.1 Å². The summed E-state index contributed by atoms with van der Waals surface area (Å²) in [5.41, 5.74) is -0.131. The number of alkyl carbamates (subject to hydrolysis) is 1. The number of benzene rings is 1. The lowest BCUT2D eigenvalue weighted by atomic mass is 10.0. The molecule has 0 saturated carbocycles. The molecule has 0 fully saturated rings. The molecule has 1 aromatic carbocycles. The van der Waals surface area contributed by atoms with Gasteiger partial charge in [0.2, 0.25) is 0 Å². The molecule has 0 spiro atoms. The Labute approximate surface area is 143 Å². The molecule has 0 aromatic heterocycles. The Morgan fingerprint density at radius 2 is 1.88 bits per heavy atom. The molecule has 0 radical (unpaired) electrons. The van der Waals surface area contributed by atoms with Gasteiger partial charge in [0.25, 0.3) is 0 Å². The number of methoxy groups -OCH3 is 1. The Balaban J connectivity index is 2.61. The number of rotatable bonds is 6. The minimum atomic E-state index is -0.536. The lowest BCUT2D eigenvalue weighted by Crippen LogP contribution is -2.51. The fourth-order valence-corrected chi connectivity index (χ4v) is 2.10. The number of halogens is 1. The van der Waals surface area contributed by atoms with Crippen LogP contribution in [0.1, 0.15) is 53.1 Å². The molecule has 1 aromatic rings. The summed E-state index contributed by atoms with van der Waals surface area (Å²) < 4.78 is 23.8. The van der Waals surface area contributed by atoms with Crippen molar-refractivity contribution >= 4 is 6.09 Å². The predicted octanol–water partition coefficient (Wildman–Crippen LogP) is 3.79. The van der Waals surface area contributed by atoms with E-state index in [1.165, 1.54) is 13.2 Å². The van der Waals surface area contributed by atoms with Crippen molar-refractivity contribution in [2.45, 2.75) is 58.7 Å². The molecule has 2 N–H and O–H groups in total. The summed E-state index contributed by atoms with van der Waals surface area (Å²) >= 11 is 0. The van der Waals surface area contributed by atoms with Crippen molar-refractivity contribution in [3.8, 4) is 5.75 Å². The van der Waals surface area contributed by atoms with Crippen molar-refractivity contribution in [3.63, 3.8) is 0 Å². The first kappa shape index (κ1) is 20.2. The molecule has 1 amide bonds. The van der Waals surface area contributed by atoms with E-state index in [9.17, 15) is 9.18 Å². The normalized spacial score (nSPS) is 13.3. The van der Waals surface area contributed by atoms with Gasteiger partial charge in [-0.25, -0.2) is 9.18 Å². The second kappa shape index (κ2) is 7.83. The summed E-state index contributed by atoms with van der Waals surface area (Å²) in [6.45, 7) is 11.8. The first-order valence-electron chi connectivity index (χ1n) is 8.01. The van der Waals surface area contributed by atoms with Crippen LogP contribution in [0.3, 0.4) is 0 Å². The van der Waals surface area contributed by atoms with E-state index in [2.05, 4.69) is 10.6 Å². The highest BCUT2D eigenvalue weighted by molar-refractivity contribution is 5.68. The van der Waals surface area contributed by atoms with Crippen LogP contribution in [-0.4, -0.2) is 30.9 Å². The number of hydrogen-bond donors (Lipinski definition) is 2. The number of amides is 1. The highest BCUT2D eigenvalue weighted by Gasteiger charge is 2.25. The van der Waals surface area contributed by atoms with Gasteiger partial charge in [0.05, 0.1) is 12.6 Å². The monoisotopic (exact) mass is 340 g/mol. The van der Waals surface area contributed by atoms with Gasteiger partial charge in [0.1, 0.15) is 5.60 Å². The summed E-state index contributed by atoms with van der Waals surface area (Å²) in [5.74, 6) is -0.173. The fourth-order valence-electron chi connectivity index (χ4n) is 2.10. The number of nitrogens with one attached hydrogen (secondary N) is 2. The largest absolute Gasteiger partial charge is 0.494 e. The molecule has 1 rings (SSSR count). The maximum Gasteiger partial charge on any atom is 0.408 e. The molecule has 136 valence electrons. The predicted molar refractivity (Wildman–Crippen MR) is 92.8 cm³/mol. The van der Waals surface area contributed by atoms with Crippen LogP contribution in [0.2, 0.25) is 0 Å². The second-order valence-electron chi connectivity index (χ2n) is 7.51. The lowest BCUT2D eigenvalue weighted by Gasteiger charge is -2.30. The molecule has 0 heterocycles. The Hall–Kier alpha value is -1.82.